The number of anilines is 3. The molecular weight excluding hydrogens is 522 g/mol. The molecule has 3 fully saturated rings. The van der Waals surface area contributed by atoms with E-state index in [1.165, 1.54) is 45.2 Å². The molecule has 2 aromatic rings. The van der Waals surface area contributed by atoms with Crippen LogP contribution in [0.25, 0.3) is 0 Å². The molecular formula is C31H42ClN7O. The van der Waals surface area contributed by atoms with E-state index in [4.69, 9.17) is 16.6 Å². The summed E-state index contributed by atoms with van der Waals surface area (Å²) in [5.41, 5.74) is 2.15. The van der Waals surface area contributed by atoms with Crippen molar-refractivity contribution < 1.29 is 4.79 Å². The minimum atomic E-state index is -0.112. The number of hydrogen-bond acceptors (Lipinski definition) is 6. The first kappa shape index (κ1) is 28.5. The number of piperidine rings is 1. The van der Waals surface area contributed by atoms with Gasteiger partial charge in [0.15, 0.2) is 0 Å². The van der Waals surface area contributed by atoms with Crippen LogP contribution >= 0.6 is 11.6 Å². The van der Waals surface area contributed by atoms with Gasteiger partial charge in [-0.1, -0.05) is 24.9 Å². The number of rotatable bonds is 7. The highest BCUT2D eigenvalue weighted by Gasteiger charge is 2.33. The number of carbonyl (C=O) groups is 1. The van der Waals surface area contributed by atoms with Crippen molar-refractivity contribution in [1.82, 2.24) is 14.8 Å². The third kappa shape index (κ3) is 6.31. The molecule has 2 aliphatic heterocycles. The van der Waals surface area contributed by atoms with Crippen LogP contribution in [0.1, 0.15) is 58.4 Å². The molecule has 1 saturated carbocycles. The monoisotopic (exact) mass is 563 g/mol. The van der Waals surface area contributed by atoms with Crippen molar-refractivity contribution in [2.24, 2.45) is 5.92 Å². The minimum absolute atomic E-state index is 0.00655. The highest BCUT2D eigenvalue weighted by atomic mass is 35.5. The maximum absolute atomic E-state index is 13.2. The number of nitrogens with zero attached hydrogens (tertiary/aromatic N) is 6. The van der Waals surface area contributed by atoms with Gasteiger partial charge in [-0.05, 0) is 82.3 Å². The zero-order valence-corrected chi connectivity index (χ0v) is 24.8. The van der Waals surface area contributed by atoms with Crippen molar-refractivity contribution in [3.05, 3.63) is 47.1 Å². The molecule has 2 atom stereocenters. The quantitative estimate of drug-likeness (QED) is 0.457. The first-order valence-corrected chi connectivity index (χ1v) is 15.2. The van der Waals surface area contributed by atoms with Gasteiger partial charge in [-0.25, -0.2) is 9.78 Å². The van der Waals surface area contributed by atoms with E-state index in [-0.39, 0.29) is 18.1 Å². The van der Waals surface area contributed by atoms with Gasteiger partial charge in [0.2, 0.25) is 0 Å². The van der Waals surface area contributed by atoms with Crippen molar-refractivity contribution in [3.8, 4) is 6.07 Å². The molecule has 8 nitrogen and oxygen atoms in total. The van der Waals surface area contributed by atoms with Crippen LogP contribution < -0.4 is 15.1 Å². The molecule has 5 rings (SSSR count). The minimum Gasteiger partial charge on any atom is -0.365 e. The third-order valence-corrected chi connectivity index (χ3v) is 9.39. The molecule has 1 aromatic heterocycles. The first-order valence-electron chi connectivity index (χ1n) is 14.8. The highest BCUT2D eigenvalue weighted by Crippen LogP contribution is 2.30. The predicted octanol–water partition coefficient (Wildman–Crippen LogP) is 5.83. The molecule has 0 radical (unpaired) electrons. The second-order valence-electron chi connectivity index (χ2n) is 11.7. The SMILES string of the molecule is CCN(CC1CCN(c2ccc(NC(=O)N3C[C@H](C)N(c4ccc(C#N)c(Cl)c4)C[C@H]3C)cn2)CC1)C1CCC1. The number of aromatic nitrogens is 1. The molecule has 214 valence electrons. The van der Waals surface area contributed by atoms with Crippen molar-refractivity contribution in [2.75, 3.05) is 54.4 Å². The Labute approximate surface area is 243 Å². The lowest BCUT2D eigenvalue weighted by Crippen LogP contribution is -2.59. The van der Waals surface area contributed by atoms with Gasteiger partial charge in [-0.2, -0.15) is 5.26 Å². The number of benzene rings is 1. The number of urea groups is 1. The van der Waals surface area contributed by atoms with E-state index in [1.807, 2.05) is 29.2 Å². The lowest BCUT2D eigenvalue weighted by molar-refractivity contribution is 0.107. The van der Waals surface area contributed by atoms with Crippen molar-refractivity contribution >= 4 is 34.8 Å². The molecule has 3 aliphatic rings. The average Bonchev–Trinajstić information content (AvgIpc) is 2.93. The Hall–Kier alpha value is -3.02. The molecule has 0 unspecified atom stereocenters. The van der Waals surface area contributed by atoms with Gasteiger partial charge < -0.3 is 24.9 Å². The fourth-order valence-corrected chi connectivity index (χ4v) is 6.57. The van der Waals surface area contributed by atoms with Crippen LogP contribution in [-0.2, 0) is 0 Å². The average molecular weight is 564 g/mol. The zero-order chi connectivity index (χ0) is 28.2. The normalized spacial score (nSPS) is 22.2. The molecule has 0 spiro atoms. The van der Waals surface area contributed by atoms with Gasteiger partial charge >= 0.3 is 6.03 Å². The molecule has 3 heterocycles. The number of piperazine rings is 1. The number of carbonyl (C=O) groups excluding carboxylic acids is 1. The summed E-state index contributed by atoms with van der Waals surface area (Å²) in [4.78, 5) is 27.1. The third-order valence-electron chi connectivity index (χ3n) is 9.08. The van der Waals surface area contributed by atoms with Gasteiger partial charge in [0.1, 0.15) is 11.9 Å². The Morgan fingerprint density at radius 2 is 1.90 bits per heavy atom. The summed E-state index contributed by atoms with van der Waals surface area (Å²) in [5.74, 6) is 1.76. The molecule has 1 aromatic carbocycles. The highest BCUT2D eigenvalue weighted by molar-refractivity contribution is 6.32. The summed E-state index contributed by atoms with van der Waals surface area (Å²) in [6.45, 7) is 12.2. The number of amides is 2. The topological polar surface area (TPSA) is 78.7 Å². The Morgan fingerprint density at radius 1 is 1.12 bits per heavy atom. The van der Waals surface area contributed by atoms with Gasteiger partial charge in [-0.15, -0.1) is 0 Å². The van der Waals surface area contributed by atoms with E-state index in [1.54, 1.807) is 12.3 Å². The van der Waals surface area contributed by atoms with E-state index < -0.39 is 0 Å². The number of hydrogen-bond donors (Lipinski definition) is 1. The molecule has 0 bridgehead atoms. The van der Waals surface area contributed by atoms with Gasteiger partial charge in [0, 0.05) is 56.5 Å². The summed E-state index contributed by atoms with van der Waals surface area (Å²) in [6, 6.07) is 12.4. The standard InChI is InChI=1S/C31H42ClN7O/c1-4-36(27-6-5-7-27)21-24-12-14-37(15-13-24)30-11-9-26(18-34-30)35-31(40)39-20-22(2)38(19-23(39)3)28-10-8-25(17-33)29(32)16-28/h8-11,16,18,22-24,27H,4-7,12-15,19-21H2,1-3H3,(H,35,40)/t22-,23+/m0/s1. The van der Waals surface area contributed by atoms with Crippen LogP contribution in [0.5, 0.6) is 0 Å². The number of pyridine rings is 1. The molecule has 1 aliphatic carbocycles. The Kier molecular flexibility index (Phi) is 9.02. The number of nitriles is 1. The zero-order valence-electron chi connectivity index (χ0n) is 24.0. The predicted molar refractivity (Wildman–Crippen MR) is 162 cm³/mol. The second kappa shape index (κ2) is 12.7. The molecule has 40 heavy (non-hydrogen) atoms. The van der Waals surface area contributed by atoms with E-state index in [2.05, 4.69) is 46.9 Å². The largest absolute Gasteiger partial charge is 0.365 e. The molecule has 2 saturated heterocycles. The van der Waals surface area contributed by atoms with Crippen molar-refractivity contribution in [3.63, 3.8) is 0 Å². The lowest BCUT2D eigenvalue weighted by Gasteiger charge is -2.45. The van der Waals surface area contributed by atoms with Crippen LogP contribution in [0.2, 0.25) is 5.02 Å². The molecule has 9 heteroatoms. The Balaban J connectivity index is 1.12. The summed E-state index contributed by atoms with van der Waals surface area (Å²) < 4.78 is 0. The Morgan fingerprint density at radius 3 is 2.50 bits per heavy atom. The number of halogens is 1. The fraction of sp³-hybridized carbons (Fsp3) is 0.581. The molecule has 2 amide bonds. The first-order chi connectivity index (χ1) is 19.4. The van der Waals surface area contributed by atoms with Crippen LogP contribution in [-0.4, -0.2) is 78.2 Å². The molecule has 1 N–H and O–H groups in total. The van der Waals surface area contributed by atoms with Crippen LogP contribution in [0.4, 0.5) is 22.0 Å². The summed E-state index contributed by atoms with van der Waals surface area (Å²) in [6.07, 6.45) is 8.34. The van der Waals surface area contributed by atoms with Gasteiger partial charge in [0.05, 0.1) is 22.5 Å². The number of nitrogens with one attached hydrogen (secondary N) is 1. The van der Waals surface area contributed by atoms with E-state index in [0.717, 1.165) is 36.6 Å². The lowest BCUT2D eigenvalue weighted by atomic mass is 9.89. The van der Waals surface area contributed by atoms with Crippen LogP contribution in [0.3, 0.4) is 0 Å². The summed E-state index contributed by atoms with van der Waals surface area (Å²) in [7, 11) is 0. The van der Waals surface area contributed by atoms with Crippen molar-refractivity contribution in [1.29, 1.82) is 5.26 Å². The van der Waals surface area contributed by atoms with Gasteiger partial charge in [-0.3, -0.25) is 0 Å². The summed E-state index contributed by atoms with van der Waals surface area (Å²) >= 11 is 6.28. The van der Waals surface area contributed by atoms with Crippen LogP contribution in [0, 0.1) is 17.2 Å². The van der Waals surface area contributed by atoms with E-state index >= 15 is 0 Å². The van der Waals surface area contributed by atoms with Crippen molar-refractivity contribution in [2.45, 2.75) is 71.0 Å². The van der Waals surface area contributed by atoms with Gasteiger partial charge in [0.25, 0.3) is 0 Å². The smallest absolute Gasteiger partial charge is 0.322 e. The second-order valence-corrected chi connectivity index (χ2v) is 12.1. The van der Waals surface area contributed by atoms with Crippen LogP contribution in [0.15, 0.2) is 36.5 Å². The maximum atomic E-state index is 13.2. The Bertz CT molecular complexity index is 1200. The van der Waals surface area contributed by atoms with E-state index in [0.29, 0.717) is 29.4 Å². The van der Waals surface area contributed by atoms with E-state index in [9.17, 15) is 10.1 Å². The maximum Gasteiger partial charge on any atom is 0.322 e. The fourth-order valence-electron chi connectivity index (χ4n) is 6.35. The summed E-state index contributed by atoms with van der Waals surface area (Å²) in [5, 5.41) is 12.7.